The zero-order valence-electron chi connectivity index (χ0n) is 8.12. The molecule has 3 rings (SSSR count). The minimum absolute atomic E-state index is 0.223. The average molecular weight is 213 g/mol. The Hall–Kier alpha value is -2.50. The fraction of sp³-hybridized carbons (Fsp3) is 0. The van der Waals surface area contributed by atoms with Crippen LogP contribution >= 0.6 is 0 Å². The van der Waals surface area contributed by atoms with Crippen molar-refractivity contribution in [2.45, 2.75) is 0 Å². The van der Waals surface area contributed by atoms with Crippen molar-refractivity contribution in [1.29, 1.82) is 0 Å². The van der Waals surface area contributed by atoms with Crippen molar-refractivity contribution >= 4 is 11.2 Å². The first kappa shape index (κ1) is 8.78. The van der Waals surface area contributed by atoms with Crippen molar-refractivity contribution in [3.05, 3.63) is 30.3 Å². The number of benzene rings is 1. The van der Waals surface area contributed by atoms with Gasteiger partial charge < -0.3 is 5.11 Å². The number of hydrogen-bond acceptors (Lipinski definition) is 5. The van der Waals surface area contributed by atoms with E-state index in [1.54, 1.807) is 24.3 Å². The molecule has 0 aliphatic rings. The van der Waals surface area contributed by atoms with Gasteiger partial charge in [-0.05, 0) is 30.3 Å². The van der Waals surface area contributed by atoms with Crippen molar-refractivity contribution < 1.29 is 5.11 Å². The molecule has 0 saturated carbocycles. The Bertz CT molecular complexity index is 631. The lowest BCUT2D eigenvalue weighted by Gasteiger charge is -1.99. The summed E-state index contributed by atoms with van der Waals surface area (Å²) in [6, 6.07) is 8.57. The summed E-state index contributed by atoms with van der Waals surface area (Å²) in [4.78, 5) is 0. The third kappa shape index (κ3) is 1.36. The molecule has 2 heterocycles. The van der Waals surface area contributed by atoms with Crippen LogP contribution in [0.1, 0.15) is 0 Å². The lowest BCUT2D eigenvalue weighted by atomic mass is 10.1. The Labute approximate surface area is 90.0 Å². The van der Waals surface area contributed by atoms with Gasteiger partial charge in [-0.15, -0.1) is 15.3 Å². The number of fused-ring (bicyclic) bond motifs is 1. The van der Waals surface area contributed by atoms with E-state index >= 15 is 0 Å². The lowest BCUT2D eigenvalue weighted by Crippen LogP contribution is -1.88. The minimum Gasteiger partial charge on any atom is -0.508 e. The summed E-state index contributed by atoms with van der Waals surface area (Å²) in [5.41, 5.74) is 2.81. The number of aromatic nitrogens is 5. The molecular formula is C10H7N5O. The van der Waals surface area contributed by atoms with Gasteiger partial charge >= 0.3 is 0 Å². The Kier molecular flexibility index (Phi) is 1.79. The number of aromatic hydroxyl groups is 1. The van der Waals surface area contributed by atoms with Crippen LogP contribution in [0.4, 0.5) is 0 Å². The first-order valence-corrected chi connectivity index (χ1v) is 4.67. The first-order valence-electron chi connectivity index (χ1n) is 4.67. The van der Waals surface area contributed by atoms with Gasteiger partial charge in [-0.1, -0.05) is 5.21 Å². The Balaban J connectivity index is 2.14. The molecule has 0 spiro atoms. The second-order valence-electron chi connectivity index (χ2n) is 3.33. The summed E-state index contributed by atoms with van der Waals surface area (Å²) in [5.74, 6) is 0.223. The van der Waals surface area contributed by atoms with E-state index < -0.39 is 0 Å². The highest BCUT2D eigenvalue weighted by atomic mass is 16.3. The minimum atomic E-state index is 0.223. The van der Waals surface area contributed by atoms with Crippen LogP contribution in [0.25, 0.3) is 22.4 Å². The number of rotatable bonds is 1. The molecule has 0 radical (unpaired) electrons. The lowest BCUT2D eigenvalue weighted by molar-refractivity contribution is 0.475. The van der Waals surface area contributed by atoms with Gasteiger partial charge in [0.25, 0.3) is 0 Å². The van der Waals surface area contributed by atoms with Gasteiger partial charge in [0.05, 0.1) is 5.69 Å². The standard InChI is InChI=1S/C10H7N5O/c16-7-3-1-6(2-4-7)8-5-9-10(13-11-8)14-15-12-9/h1-5,16H,(H,12,13,14,15). The molecule has 0 atom stereocenters. The molecule has 3 aromatic rings. The topological polar surface area (TPSA) is 87.6 Å². The molecule has 0 saturated heterocycles. The molecule has 0 aliphatic heterocycles. The SMILES string of the molecule is Oc1ccc(-c2cc3[nH]nnc3nn2)cc1. The maximum Gasteiger partial charge on any atom is 0.223 e. The molecule has 0 fully saturated rings. The molecule has 0 unspecified atom stereocenters. The van der Waals surface area contributed by atoms with Crippen LogP contribution in [0, 0.1) is 0 Å². The Morgan fingerprint density at radius 1 is 1.00 bits per heavy atom. The Morgan fingerprint density at radius 2 is 1.81 bits per heavy atom. The summed E-state index contributed by atoms with van der Waals surface area (Å²) in [7, 11) is 0. The molecule has 6 nitrogen and oxygen atoms in total. The number of nitrogens with one attached hydrogen (secondary N) is 1. The van der Waals surface area contributed by atoms with E-state index in [4.69, 9.17) is 0 Å². The van der Waals surface area contributed by atoms with E-state index in [2.05, 4.69) is 25.6 Å². The van der Waals surface area contributed by atoms with Crippen molar-refractivity contribution in [2.24, 2.45) is 0 Å². The van der Waals surface area contributed by atoms with Gasteiger partial charge in [-0.2, -0.15) is 0 Å². The number of phenols is 1. The smallest absolute Gasteiger partial charge is 0.223 e. The predicted octanol–water partition coefficient (Wildman–Crippen LogP) is 1.12. The van der Waals surface area contributed by atoms with Crippen molar-refractivity contribution in [3.8, 4) is 17.0 Å². The van der Waals surface area contributed by atoms with E-state index in [-0.39, 0.29) is 5.75 Å². The summed E-state index contributed by atoms with van der Waals surface area (Å²) < 4.78 is 0. The fourth-order valence-corrected chi connectivity index (χ4v) is 1.44. The second-order valence-corrected chi connectivity index (χ2v) is 3.33. The van der Waals surface area contributed by atoms with Crippen molar-refractivity contribution in [2.75, 3.05) is 0 Å². The molecule has 0 aliphatic carbocycles. The van der Waals surface area contributed by atoms with E-state index in [1.807, 2.05) is 6.07 Å². The summed E-state index contributed by atoms with van der Waals surface area (Å²) in [6.45, 7) is 0. The van der Waals surface area contributed by atoms with E-state index in [9.17, 15) is 5.11 Å². The van der Waals surface area contributed by atoms with Gasteiger partial charge in [0.2, 0.25) is 5.65 Å². The summed E-state index contributed by atoms with van der Waals surface area (Å²) >= 11 is 0. The normalized spacial score (nSPS) is 10.8. The number of hydrogen-bond donors (Lipinski definition) is 2. The molecule has 6 heteroatoms. The molecule has 1 aromatic carbocycles. The van der Waals surface area contributed by atoms with Crippen molar-refractivity contribution in [3.63, 3.8) is 0 Å². The van der Waals surface area contributed by atoms with Gasteiger partial charge in [-0.3, -0.25) is 5.10 Å². The average Bonchev–Trinajstić information content (AvgIpc) is 2.77. The zero-order valence-corrected chi connectivity index (χ0v) is 8.12. The van der Waals surface area contributed by atoms with Gasteiger partial charge in [0.15, 0.2) is 0 Å². The quantitative estimate of drug-likeness (QED) is 0.632. The van der Waals surface area contributed by atoms with E-state index in [1.165, 1.54) is 0 Å². The van der Waals surface area contributed by atoms with Crippen LogP contribution in [0.2, 0.25) is 0 Å². The highest BCUT2D eigenvalue weighted by Crippen LogP contribution is 2.20. The zero-order chi connectivity index (χ0) is 11.0. The third-order valence-corrected chi connectivity index (χ3v) is 2.25. The van der Waals surface area contributed by atoms with Crippen LogP contribution in [-0.2, 0) is 0 Å². The van der Waals surface area contributed by atoms with Crippen LogP contribution in [-0.4, -0.2) is 30.7 Å². The van der Waals surface area contributed by atoms with Gasteiger partial charge in [-0.25, -0.2) is 0 Å². The summed E-state index contributed by atoms with van der Waals surface area (Å²) in [6.07, 6.45) is 0. The maximum atomic E-state index is 9.18. The molecule has 0 amide bonds. The predicted molar refractivity (Wildman–Crippen MR) is 56.6 cm³/mol. The van der Waals surface area contributed by atoms with E-state index in [0.29, 0.717) is 11.3 Å². The first-order chi connectivity index (χ1) is 7.83. The monoisotopic (exact) mass is 213 g/mol. The highest BCUT2D eigenvalue weighted by molar-refractivity contribution is 5.74. The maximum absolute atomic E-state index is 9.18. The number of phenolic OH excluding ortho intramolecular Hbond substituents is 1. The van der Waals surface area contributed by atoms with E-state index in [0.717, 1.165) is 11.1 Å². The molecule has 16 heavy (non-hydrogen) atoms. The van der Waals surface area contributed by atoms with Gasteiger partial charge in [0, 0.05) is 5.56 Å². The fourth-order valence-electron chi connectivity index (χ4n) is 1.44. The molecule has 2 aromatic heterocycles. The van der Waals surface area contributed by atoms with Crippen LogP contribution in [0.5, 0.6) is 5.75 Å². The van der Waals surface area contributed by atoms with Crippen LogP contribution in [0.15, 0.2) is 30.3 Å². The van der Waals surface area contributed by atoms with Gasteiger partial charge in [0.1, 0.15) is 11.3 Å². The molecule has 0 bridgehead atoms. The molecule has 78 valence electrons. The van der Waals surface area contributed by atoms with Crippen LogP contribution in [0.3, 0.4) is 0 Å². The summed E-state index contributed by atoms with van der Waals surface area (Å²) in [5, 5.41) is 27.2. The van der Waals surface area contributed by atoms with Crippen molar-refractivity contribution in [1.82, 2.24) is 25.6 Å². The Morgan fingerprint density at radius 3 is 2.62 bits per heavy atom. The number of aromatic amines is 1. The highest BCUT2D eigenvalue weighted by Gasteiger charge is 2.04. The molecule has 2 N–H and O–H groups in total. The largest absolute Gasteiger partial charge is 0.508 e. The second kappa shape index (κ2) is 3.27. The number of nitrogens with zero attached hydrogens (tertiary/aromatic N) is 4. The molecular weight excluding hydrogens is 206 g/mol. The van der Waals surface area contributed by atoms with Crippen LogP contribution < -0.4 is 0 Å². The number of H-pyrrole nitrogens is 1. The third-order valence-electron chi connectivity index (χ3n) is 2.25.